The fourth-order valence-electron chi connectivity index (χ4n) is 1.82. The SMILES string of the molecule is C/C(=N\O)c1ccccc1NC(=O)c1ccccc1O. The van der Waals surface area contributed by atoms with Crippen LogP contribution in [-0.4, -0.2) is 21.9 Å². The zero-order chi connectivity index (χ0) is 14.5. The topological polar surface area (TPSA) is 81.9 Å². The molecule has 0 aromatic heterocycles. The number of benzene rings is 2. The van der Waals surface area contributed by atoms with Gasteiger partial charge in [-0.15, -0.1) is 0 Å². The highest BCUT2D eigenvalue weighted by Crippen LogP contribution is 2.20. The standard InChI is InChI=1S/C15H14N2O3/c1-10(17-20)11-6-2-4-8-13(11)16-15(19)12-7-3-5-9-14(12)18/h2-9,18,20H,1H3,(H,16,19)/b17-10+. The third-order valence-corrected chi connectivity index (χ3v) is 2.86. The van der Waals surface area contributed by atoms with Gasteiger partial charge in [0.2, 0.25) is 0 Å². The van der Waals surface area contributed by atoms with Crippen LogP contribution in [0.15, 0.2) is 53.7 Å². The molecule has 102 valence electrons. The molecule has 0 bridgehead atoms. The fourth-order valence-corrected chi connectivity index (χ4v) is 1.82. The van der Waals surface area contributed by atoms with Crippen LogP contribution in [0.25, 0.3) is 0 Å². The van der Waals surface area contributed by atoms with Crippen molar-refractivity contribution in [2.45, 2.75) is 6.92 Å². The molecule has 0 aliphatic heterocycles. The van der Waals surface area contributed by atoms with E-state index in [4.69, 9.17) is 5.21 Å². The predicted molar refractivity (Wildman–Crippen MR) is 76.5 cm³/mol. The van der Waals surface area contributed by atoms with Gasteiger partial charge in [0.1, 0.15) is 5.75 Å². The summed E-state index contributed by atoms with van der Waals surface area (Å²) in [5.74, 6) is -0.517. The van der Waals surface area contributed by atoms with Gasteiger partial charge in [0.05, 0.1) is 17.0 Å². The Bertz CT molecular complexity index is 666. The molecule has 0 saturated carbocycles. The summed E-state index contributed by atoms with van der Waals surface area (Å²) >= 11 is 0. The summed E-state index contributed by atoms with van der Waals surface area (Å²) in [6, 6.07) is 13.2. The molecular weight excluding hydrogens is 256 g/mol. The number of rotatable bonds is 3. The molecule has 0 saturated heterocycles. The van der Waals surface area contributed by atoms with Crippen LogP contribution >= 0.6 is 0 Å². The van der Waals surface area contributed by atoms with Gasteiger partial charge in [-0.25, -0.2) is 0 Å². The van der Waals surface area contributed by atoms with E-state index in [9.17, 15) is 9.90 Å². The minimum Gasteiger partial charge on any atom is -0.507 e. The summed E-state index contributed by atoms with van der Waals surface area (Å²) in [6.45, 7) is 1.63. The van der Waals surface area contributed by atoms with Crippen molar-refractivity contribution in [3.05, 3.63) is 59.7 Å². The number of amides is 1. The first-order chi connectivity index (χ1) is 9.63. The summed E-state index contributed by atoms with van der Waals surface area (Å²) < 4.78 is 0. The quantitative estimate of drug-likeness (QED) is 0.455. The molecule has 5 nitrogen and oxygen atoms in total. The van der Waals surface area contributed by atoms with Gasteiger partial charge in [-0.1, -0.05) is 35.5 Å². The lowest BCUT2D eigenvalue weighted by Gasteiger charge is -2.10. The lowest BCUT2D eigenvalue weighted by Crippen LogP contribution is -2.14. The lowest BCUT2D eigenvalue weighted by atomic mass is 10.1. The van der Waals surface area contributed by atoms with E-state index in [1.54, 1.807) is 43.3 Å². The summed E-state index contributed by atoms with van der Waals surface area (Å²) in [4.78, 5) is 12.1. The molecule has 0 aliphatic carbocycles. The van der Waals surface area contributed by atoms with E-state index in [0.717, 1.165) is 0 Å². The van der Waals surface area contributed by atoms with Crippen molar-refractivity contribution in [1.82, 2.24) is 0 Å². The summed E-state index contributed by atoms with van der Waals surface area (Å²) in [5.41, 5.74) is 1.69. The summed E-state index contributed by atoms with van der Waals surface area (Å²) in [7, 11) is 0. The Morgan fingerprint density at radius 2 is 1.65 bits per heavy atom. The number of hydrogen-bond donors (Lipinski definition) is 3. The average molecular weight is 270 g/mol. The van der Waals surface area contributed by atoms with Gasteiger partial charge in [-0.05, 0) is 25.1 Å². The van der Waals surface area contributed by atoms with Crippen LogP contribution in [0, 0.1) is 0 Å². The van der Waals surface area contributed by atoms with Gasteiger partial charge in [-0.2, -0.15) is 0 Å². The normalized spacial score (nSPS) is 11.2. The first kappa shape index (κ1) is 13.6. The number of hydrogen-bond acceptors (Lipinski definition) is 4. The van der Waals surface area contributed by atoms with Crippen LogP contribution in [0.5, 0.6) is 5.75 Å². The molecule has 2 aromatic rings. The van der Waals surface area contributed by atoms with Crippen LogP contribution in [-0.2, 0) is 0 Å². The molecule has 0 fully saturated rings. The second-order valence-electron chi connectivity index (χ2n) is 4.20. The van der Waals surface area contributed by atoms with E-state index in [1.165, 1.54) is 12.1 Å². The molecule has 0 unspecified atom stereocenters. The van der Waals surface area contributed by atoms with Crippen LogP contribution in [0.3, 0.4) is 0 Å². The molecule has 0 aliphatic rings. The smallest absolute Gasteiger partial charge is 0.259 e. The van der Waals surface area contributed by atoms with Gasteiger partial charge in [-0.3, -0.25) is 4.79 Å². The number of carbonyl (C=O) groups is 1. The van der Waals surface area contributed by atoms with E-state index < -0.39 is 5.91 Å². The summed E-state index contributed by atoms with van der Waals surface area (Å²) in [5, 5.41) is 24.3. The number of nitrogens with zero attached hydrogens (tertiary/aromatic N) is 1. The molecule has 2 aromatic carbocycles. The Balaban J connectivity index is 2.32. The molecule has 0 spiro atoms. The molecule has 0 atom stereocenters. The molecule has 3 N–H and O–H groups in total. The van der Waals surface area contributed by atoms with Crippen molar-refractivity contribution in [1.29, 1.82) is 0 Å². The third-order valence-electron chi connectivity index (χ3n) is 2.86. The van der Waals surface area contributed by atoms with Crippen molar-refractivity contribution >= 4 is 17.3 Å². The zero-order valence-electron chi connectivity index (χ0n) is 10.9. The van der Waals surface area contributed by atoms with E-state index in [-0.39, 0.29) is 11.3 Å². The Morgan fingerprint density at radius 1 is 1.05 bits per heavy atom. The van der Waals surface area contributed by atoms with Crippen LogP contribution in [0.4, 0.5) is 5.69 Å². The average Bonchev–Trinajstić information content (AvgIpc) is 2.47. The largest absolute Gasteiger partial charge is 0.507 e. The number of phenols is 1. The first-order valence-electron chi connectivity index (χ1n) is 6.01. The van der Waals surface area contributed by atoms with Crippen molar-refractivity contribution in [3.63, 3.8) is 0 Å². The maximum atomic E-state index is 12.1. The number of anilines is 1. The van der Waals surface area contributed by atoms with Crippen molar-refractivity contribution < 1.29 is 15.1 Å². The Kier molecular flexibility index (Phi) is 4.00. The van der Waals surface area contributed by atoms with Gasteiger partial charge in [0, 0.05) is 5.56 Å². The summed E-state index contributed by atoms with van der Waals surface area (Å²) in [6.07, 6.45) is 0. The van der Waals surface area contributed by atoms with E-state index in [2.05, 4.69) is 10.5 Å². The highest BCUT2D eigenvalue weighted by molar-refractivity contribution is 6.11. The van der Waals surface area contributed by atoms with Crippen molar-refractivity contribution in [3.8, 4) is 5.75 Å². The second-order valence-corrected chi connectivity index (χ2v) is 4.20. The van der Waals surface area contributed by atoms with Crippen molar-refractivity contribution in [2.24, 2.45) is 5.16 Å². The van der Waals surface area contributed by atoms with Gasteiger partial charge in [0.25, 0.3) is 5.91 Å². The Hall–Kier alpha value is -2.82. The van der Waals surface area contributed by atoms with Gasteiger partial charge in [0.15, 0.2) is 0 Å². The van der Waals surface area contributed by atoms with Crippen LogP contribution in [0.2, 0.25) is 0 Å². The number of oxime groups is 1. The third kappa shape index (κ3) is 2.77. The van der Waals surface area contributed by atoms with Crippen LogP contribution < -0.4 is 5.32 Å². The molecule has 2 rings (SSSR count). The lowest BCUT2D eigenvalue weighted by molar-refractivity contribution is 0.102. The highest BCUT2D eigenvalue weighted by Gasteiger charge is 2.13. The zero-order valence-corrected chi connectivity index (χ0v) is 10.9. The Morgan fingerprint density at radius 3 is 2.30 bits per heavy atom. The minimum atomic E-state index is -0.429. The van der Waals surface area contributed by atoms with Gasteiger partial charge < -0.3 is 15.6 Å². The number of nitrogens with one attached hydrogen (secondary N) is 1. The monoisotopic (exact) mass is 270 g/mol. The maximum absolute atomic E-state index is 12.1. The minimum absolute atomic E-state index is 0.0879. The predicted octanol–water partition coefficient (Wildman–Crippen LogP) is 2.84. The second kappa shape index (κ2) is 5.88. The number of carbonyl (C=O) groups excluding carboxylic acids is 1. The fraction of sp³-hybridized carbons (Fsp3) is 0.0667. The number of aromatic hydroxyl groups is 1. The van der Waals surface area contributed by atoms with Crippen LogP contribution in [0.1, 0.15) is 22.8 Å². The van der Waals surface area contributed by atoms with Crippen molar-refractivity contribution in [2.75, 3.05) is 5.32 Å². The molecular formula is C15H14N2O3. The van der Waals surface area contributed by atoms with E-state index in [1.807, 2.05) is 0 Å². The molecule has 1 amide bonds. The molecule has 0 radical (unpaired) electrons. The highest BCUT2D eigenvalue weighted by atomic mass is 16.4. The number of phenolic OH excluding ortho intramolecular Hbond substituents is 1. The number of para-hydroxylation sites is 2. The van der Waals surface area contributed by atoms with E-state index in [0.29, 0.717) is 17.0 Å². The molecule has 5 heteroatoms. The maximum Gasteiger partial charge on any atom is 0.259 e. The Labute approximate surface area is 116 Å². The molecule has 0 heterocycles. The van der Waals surface area contributed by atoms with Gasteiger partial charge >= 0.3 is 0 Å². The molecule has 20 heavy (non-hydrogen) atoms. The van der Waals surface area contributed by atoms with E-state index >= 15 is 0 Å². The first-order valence-corrected chi connectivity index (χ1v) is 6.01.